The molecule has 2 aliphatic rings. The van der Waals surface area contributed by atoms with Crippen LogP contribution < -0.4 is 4.74 Å². The van der Waals surface area contributed by atoms with Crippen LogP contribution in [-0.2, 0) is 4.79 Å². The number of aromatic nitrogens is 3. The third kappa shape index (κ3) is 5.08. The summed E-state index contributed by atoms with van der Waals surface area (Å²) in [5, 5.41) is 9.98. The first-order chi connectivity index (χ1) is 15.2. The van der Waals surface area contributed by atoms with Gasteiger partial charge in [-0.15, -0.1) is 10.2 Å². The molecule has 1 aliphatic carbocycles. The quantitative estimate of drug-likeness (QED) is 0.542. The van der Waals surface area contributed by atoms with E-state index in [0.717, 1.165) is 60.9 Å². The molecule has 4 rings (SSSR count). The van der Waals surface area contributed by atoms with Crippen molar-refractivity contribution in [2.45, 2.75) is 82.0 Å². The summed E-state index contributed by atoms with van der Waals surface area (Å²) in [6.45, 7) is 3.08. The molecule has 0 spiro atoms. The number of hydrogen-bond donors (Lipinski definition) is 0. The predicted molar refractivity (Wildman–Crippen MR) is 124 cm³/mol. The van der Waals surface area contributed by atoms with Crippen molar-refractivity contribution in [2.75, 3.05) is 19.4 Å². The maximum Gasteiger partial charge on any atom is 0.233 e. The maximum absolute atomic E-state index is 13.0. The minimum absolute atomic E-state index is 0.237. The van der Waals surface area contributed by atoms with Crippen molar-refractivity contribution in [3.63, 3.8) is 0 Å². The number of hydrogen-bond acceptors (Lipinski definition) is 5. The number of piperidine rings is 1. The molecule has 2 aromatic rings. The topological polar surface area (TPSA) is 60.3 Å². The van der Waals surface area contributed by atoms with E-state index in [-0.39, 0.29) is 5.91 Å². The van der Waals surface area contributed by atoms with Crippen molar-refractivity contribution in [3.8, 4) is 17.1 Å². The fraction of sp³-hybridized carbons (Fsp3) is 0.625. The van der Waals surface area contributed by atoms with Gasteiger partial charge >= 0.3 is 0 Å². The van der Waals surface area contributed by atoms with E-state index in [2.05, 4.69) is 26.6 Å². The first-order valence-electron chi connectivity index (χ1n) is 11.7. The number of amides is 1. The standard InChI is InChI=1S/C24H34N4O2S/c1-3-19-9-7-8-16-27(19)22(29)17-31-24-26-25-23(18-12-14-21(30-2)15-13-18)28(24)20-10-5-4-6-11-20/h12-15,19-20H,3-11,16-17H2,1-2H3. The van der Waals surface area contributed by atoms with Gasteiger partial charge in [0.25, 0.3) is 0 Å². The van der Waals surface area contributed by atoms with Gasteiger partial charge in [-0.1, -0.05) is 37.9 Å². The average molecular weight is 443 g/mol. The molecule has 1 aromatic carbocycles. The number of thioether (sulfide) groups is 1. The minimum Gasteiger partial charge on any atom is -0.497 e. The van der Waals surface area contributed by atoms with Gasteiger partial charge in [0.2, 0.25) is 5.91 Å². The molecule has 1 saturated heterocycles. The maximum atomic E-state index is 13.0. The lowest BCUT2D eigenvalue weighted by Crippen LogP contribution is -2.44. The molecule has 1 atom stereocenters. The first kappa shape index (κ1) is 22.2. The van der Waals surface area contributed by atoms with E-state index in [4.69, 9.17) is 4.74 Å². The first-order valence-corrected chi connectivity index (χ1v) is 12.7. The van der Waals surface area contributed by atoms with Crippen molar-refractivity contribution < 1.29 is 9.53 Å². The summed E-state index contributed by atoms with van der Waals surface area (Å²) in [4.78, 5) is 15.1. The Hall–Kier alpha value is -2.02. The van der Waals surface area contributed by atoms with Crippen LogP contribution in [0.1, 0.15) is 70.8 Å². The van der Waals surface area contributed by atoms with Gasteiger partial charge < -0.3 is 9.64 Å². The zero-order valence-electron chi connectivity index (χ0n) is 18.8. The van der Waals surface area contributed by atoms with Crippen LogP contribution in [0.5, 0.6) is 5.75 Å². The molecule has 2 heterocycles. The van der Waals surface area contributed by atoms with E-state index in [1.807, 2.05) is 24.3 Å². The number of likely N-dealkylation sites (tertiary alicyclic amines) is 1. The molecule has 1 saturated carbocycles. The predicted octanol–water partition coefficient (Wildman–Crippen LogP) is 5.34. The minimum atomic E-state index is 0.237. The average Bonchev–Trinajstić information content (AvgIpc) is 3.27. The van der Waals surface area contributed by atoms with Crippen LogP contribution in [0.25, 0.3) is 11.4 Å². The van der Waals surface area contributed by atoms with Gasteiger partial charge in [-0.2, -0.15) is 0 Å². The van der Waals surface area contributed by atoms with Crippen LogP contribution in [0.3, 0.4) is 0 Å². The normalized spacial score (nSPS) is 20.1. The summed E-state index contributed by atoms with van der Waals surface area (Å²) < 4.78 is 7.61. The summed E-state index contributed by atoms with van der Waals surface area (Å²) in [5.41, 5.74) is 1.04. The van der Waals surface area contributed by atoms with E-state index in [1.54, 1.807) is 18.9 Å². The van der Waals surface area contributed by atoms with Crippen molar-refractivity contribution in [1.82, 2.24) is 19.7 Å². The van der Waals surface area contributed by atoms with Gasteiger partial charge in [0, 0.05) is 24.2 Å². The zero-order chi connectivity index (χ0) is 21.6. The van der Waals surface area contributed by atoms with Gasteiger partial charge in [0.05, 0.1) is 12.9 Å². The number of nitrogens with zero attached hydrogens (tertiary/aromatic N) is 4. The third-order valence-electron chi connectivity index (χ3n) is 6.70. The van der Waals surface area contributed by atoms with Crippen LogP contribution in [0.4, 0.5) is 0 Å². The SMILES string of the molecule is CCC1CCCCN1C(=O)CSc1nnc(-c2ccc(OC)cc2)n1C1CCCCC1. The number of methoxy groups -OCH3 is 1. The number of carbonyl (C=O) groups excluding carboxylic acids is 1. The number of benzene rings is 1. The highest BCUT2D eigenvalue weighted by atomic mass is 32.2. The molecule has 7 heteroatoms. The molecule has 168 valence electrons. The van der Waals surface area contributed by atoms with E-state index in [9.17, 15) is 4.79 Å². The molecule has 31 heavy (non-hydrogen) atoms. The zero-order valence-corrected chi connectivity index (χ0v) is 19.6. The third-order valence-corrected chi connectivity index (χ3v) is 7.62. The van der Waals surface area contributed by atoms with Gasteiger partial charge in [-0.05, 0) is 62.8 Å². The van der Waals surface area contributed by atoms with Crippen LogP contribution in [0.2, 0.25) is 0 Å². The lowest BCUT2D eigenvalue weighted by molar-refractivity contribution is -0.132. The van der Waals surface area contributed by atoms with E-state index < -0.39 is 0 Å². The van der Waals surface area contributed by atoms with E-state index in [0.29, 0.717) is 17.8 Å². The molecule has 1 unspecified atom stereocenters. The number of ether oxygens (including phenoxy) is 1. The Morgan fingerprint density at radius 2 is 1.81 bits per heavy atom. The Morgan fingerprint density at radius 3 is 2.52 bits per heavy atom. The lowest BCUT2D eigenvalue weighted by atomic mass is 9.95. The highest BCUT2D eigenvalue weighted by Crippen LogP contribution is 2.36. The highest BCUT2D eigenvalue weighted by molar-refractivity contribution is 7.99. The smallest absolute Gasteiger partial charge is 0.233 e. The molecule has 1 aliphatic heterocycles. The Balaban J connectivity index is 1.55. The second-order valence-corrected chi connectivity index (χ2v) is 9.57. The van der Waals surface area contributed by atoms with Gasteiger partial charge in [0.15, 0.2) is 11.0 Å². The molecule has 1 aromatic heterocycles. The summed E-state index contributed by atoms with van der Waals surface area (Å²) in [5.74, 6) is 2.40. The second-order valence-electron chi connectivity index (χ2n) is 8.63. The molecule has 0 bridgehead atoms. The molecule has 0 N–H and O–H groups in total. The summed E-state index contributed by atoms with van der Waals surface area (Å²) in [7, 11) is 1.68. The largest absolute Gasteiger partial charge is 0.497 e. The molecular formula is C24H34N4O2S. The Morgan fingerprint density at radius 1 is 1.06 bits per heavy atom. The molecule has 6 nitrogen and oxygen atoms in total. The van der Waals surface area contributed by atoms with E-state index in [1.165, 1.54) is 25.7 Å². The van der Waals surface area contributed by atoms with Crippen LogP contribution in [0.15, 0.2) is 29.4 Å². The summed E-state index contributed by atoms with van der Waals surface area (Å²) in [6.07, 6.45) is 10.6. The lowest BCUT2D eigenvalue weighted by Gasteiger charge is -2.35. The molecule has 0 radical (unpaired) electrons. The Labute approximate surface area is 189 Å². The second kappa shape index (κ2) is 10.5. The Kier molecular flexibility index (Phi) is 7.54. The van der Waals surface area contributed by atoms with Crippen molar-refractivity contribution in [2.24, 2.45) is 0 Å². The number of carbonyl (C=O) groups is 1. The van der Waals surface area contributed by atoms with Gasteiger partial charge in [0.1, 0.15) is 5.75 Å². The molecular weight excluding hydrogens is 408 g/mol. The van der Waals surface area contributed by atoms with Gasteiger partial charge in [-0.3, -0.25) is 9.36 Å². The van der Waals surface area contributed by atoms with Crippen LogP contribution in [0, 0.1) is 0 Å². The fourth-order valence-electron chi connectivity index (χ4n) is 4.94. The highest BCUT2D eigenvalue weighted by Gasteiger charge is 2.28. The summed E-state index contributed by atoms with van der Waals surface area (Å²) in [6, 6.07) is 8.81. The van der Waals surface area contributed by atoms with Crippen molar-refractivity contribution in [3.05, 3.63) is 24.3 Å². The Bertz CT molecular complexity index is 861. The van der Waals surface area contributed by atoms with Crippen LogP contribution >= 0.6 is 11.8 Å². The monoisotopic (exact) mass is 442 g/mol. The van der Waals surface area contributed by atoms with Crippen LogP contribution in [-0.4, -0.2) is 51.0 Å². The van der Waals surface area contributed by atoms with Crippen molar-refractivity contribution in [1.29, 1.82) is 0 Å². The molecule has 1 amide bonds. The molecule has 2 fully saturated rings. The van der Waals surface area contributed by atoms with E-state index >= 15 is 0 Å². The summed E-state index contributed by atoms with van der Waals surface area (Å²) >= 11 is 1.55. The van der Waals surface area contributed by atoms with Crippen molar-refractivity contribution >= 4 is 17.7 Å². The van der Waals surface area contributed by atoms with Gasteiger partial charge in [-0.25, -0.2) is 0 Å². The fourth-order valence-corrected chi connectivity index (χ4v) is 5.83. The number of rotatable bonds is 7.